The van der Waals surface area contributed by atoms with E-state index in [1.807, 2.05) is 13.8 Å². The molecule has 3 N–H and O–H groups in total. The number of rotatable bonds is 1. The highest BCUT2D eigenvalue weighted by molar-refractivity contribution is 7.85. The molecule has 0 bridgehead atoms. The van der Waals surface area contributed by atoms with E-state index in [4.69, 9.17) is 5.84 Å². The Labute approximate surface area is 119 Å². The van der Waals surface area contributed by atoms with E-state index in [1.54, 1.807) is 38.4 Å². The van der Waals surface area contributed by atoms with E-state index < -0.39 is 10.1 Å². The summed E-state index contributed by atoms with van der Waals surface area (Å²) in [5, 5.41) is 0. The van der Waals surface area contributed by atoms with Crippen molar-refractivity contribution in [3.8, 4) is 0 Å². The zero-order chi connectivity index (χ0) is 15.5. The quantitative estimate of drug-likeness (QED) is 0.462. The monoisotopic (exact) mass is 297 g/mol. The first kappa shape index (κ1) is 16.2. The smallest absolute Gasteiger partial charge is 0.274 e. The van der Waals surface area contributed by atoms with Gasteiger partial charge in [-0.25, -0.2) is 13.4 Å². The molecule has 0 amide bonds. The molecule has 0 saturated heterocycles. The van der Waals surface area contributed by atoms with Gasteiger partial charge < -0.3 is 4.55 Å². The lowest BCUT2D eigenvalue weighted by Gasteiger charge is -2.14. The normalized spacial score (nSPS) is 10.8. The van der Waals surface area contributed by atoms with E-state index >= 15 is 0 Å². The number of nitrogens with zero attached hydrogens (tertiary/aromatic N) is 1. The molecular weight excluding hydrogens is 278 g/mol. The van der Waals surface area contributed by atoms with E-state index in [-0.39, 0.29) is 4.90 Å². The zero-order valence-corrected chi connectivity index (χ0v) is 12.8. The topological polar surface area (TPSA) is 103 Å². The Bertz CT molecular complexity index is 666. The fourth-order valence-corrected chi connectivity index (χ4v) is 2.89. The SMILES string of the molecule is Cc1[nH]cc[n+]1N.Cc1cc(C)c(S(=O)(=O)[O-])c(C)c1. The Hall–Kier alpha value is -1.86. The largest absolute Gasteiger partial charge is 0.744 e. The summed E-state index contributed by atoms with van der Waals surface area (Å²) < 4.78 is 34.0. The summed E-state index contributed by atoms with van der Waals surface area (Å²) in [5.74, 6) is 6.28. The third-order valence-corrected chi connectivity index (χ3v) is 3.91. The highest BCUT2D eigenvalue weighted by Gasteiger charge is 2.09. The van der Waals surface area contributed by atoms with Crippen molar-refractivity contribution in [3.63, 3.8) is 0 Å². The molecule has 1 aromatic carbocycles. The zero-order valence-electron chi connectivity index (χ0n) is 12.0. The van der Waals surface area contributed by atoms with Gasteiger partial charge in [0.15, 0.2) is 6.20 Å². The summed E-state index contributed by atoms with van der Waals surface area (Å²) >= 11 is 0. The van der Waals surface area contributed by atoms with E-state index in [9.17, 15) is 13.0 Å². The molecular formula is C13H19N3O3S. The number of imidazole rings is 1. The number of benzene rings is 1. The highest BCUT2D eigenvalue weighted by atomic mass is 32.2. The van der Waals surface area contributed by atoms with Crippen molar-refractivity contribution in [3.05, 3.63) is 47.0 Å². The molecule has 2 aromatic rings. The van der Waals surface area contributed by atoms with Crippen LogP contribution in [0.1, 0.15) is 22.5 Å². The van der Waals surface area contributed by atoms with Crippen molar-refractivity contribution in [2.75, 3.05) is 5.84 Å². The summed E-state index contributed by atoms with van der Waals surface area (Å²) in [6.45, 7) is 7.02. The number of aromatic nitrogens is 2. The van der Waals surface area contributed by atoms with Crippen LogP contribution in [-0.4, -0.2) is 18.0 Å². The van der Waals surface area contributed by atoms with Gasteiger partial charge in [0.1, 0.15) is 16.3 Å². The first-order chi connectivity index (χ1) is 9.12. The van der Waals surface area contributed by atoms with Crippen LogP contribution in [0.2, 0.25) is 0 Å². The van der Waals surface area contributed by atoms with Gasteiger partial charge in [-0.15, -0.1) is 4.68 Å². The number of H-pyrrole nitrogens is 1. The van der Waals surface area contributed by atoms with Crippen LogP contribution in [0.4, 0.5) is 0 Å². The fourth-order valence-electron chi connectivity index (χ4n) is 1.99. The lowest BCUT2D eigenvalue weighted by atomic mass is 10.1. The second kappa shape index (κ2) is 6.06. The lowest BCUT2D eigenvalue weighted by molar-refractivity contribution is -0.644. The van der Waals surface area contributed by atoms with Crippen LogP contribution in [0.5, 0.6) is 0 Å². The van der Waals surface area contributed by atoms with Gasteiger partial charge in [0.2, 0.25) is 0 Å². The minimum atomic E-state index is -4.33. The van der Waals surface area contributed by atoms with Crippen LogP contribution in [-0.2, 0) is 10.1 Å². The molecule has 2 rings (SSSR count). The molecule has 110 valence electrons. The van der Waals surface area contributed by atoms with Crippen LogP contribution in [0.3, 0.4) is 0 Å². The summed E-state index contributed by atoms with van der Waals surface area (Å²) in [7, 11) is -4.33. The van der Waals surface area contributed by atoms with Crippen LogP contribution >= 0.6 is 0 Å². The Morgan fingerprint density at radius 3 is 1.90 bits per heavy atom. The fraction of sp³-hybridized carbons (Fsp3) is 0.308. The first-order valence-corrected chi connectivity index (χ1v) is 7.38. The maximum atomic E-state index is 10.8. The highest BCUT2D eigenvalue weighted by Crippen LogP contribution is 2.20. The predicted octanol–water partition coefficient (Wildman–Crippen LogP) is 0.840. The Kier molecular flexibility index (Phi) is 4.91. The van der Waals surface area contributed by atoms with Gasteiger partial charge in [0.05, 0.1) is 4.90 Å². The molecule has 20 heavy (non-hydrogen) atoms. The summed E-state index contributed by atoms with van der Waals surface area (Å²) in [6.07, 6.45) is 3.55. The number of nitrogens with two attached hydrogens (primary N) is 1. The number of hydrogen-bond acceptors (Lipinski definition) is 4. The van der Waals surface area contributed by atoms with Crippen LogP contribution in [0.25, 0.3) is 0 Å². The third-order valence-electron chi connectivity index (χ3n) is 2.77. The van der Waals surface area contributed by atoms with E-state index in [1.165, 1.54) is 4.68 Å². The van der Waals surface area contributed by atoms with Crippen molar-refractivity contribution < 1.29 is 17.6 Å². The molecule has 0 aliphatic heterocycles. The van der Waals surface area contributed by atoms with Gasteiger partial charge in [-0.2, -0.15) is 0 Å². The van der Waals surface area contributed by atoms with Crippen molar-refractivity contribution in [2.24, 2.45) is 0 Å². The van der Waals surface area contributed by atoms with Crippen LogP contribution in [0.15, 0.2) is 29.4 Å². The Morgan fingerprint density at radius 1 is 1.15 bits per heavy atom. The third kappa shape index (κ3) is 4.07. The molecule has 0 radical (unpaired) electrons. The van der Waals surface area contributed by atoms with Gasteiger partial charge >= 0.3 is 0 Å². The lowest BCUT2D eigenvalue weighted by Crippen LogP contribution is -2.44. The summed E-state index contributed by atoms with van der Waals surface area (Å²) in [6, 6.07) is 3.38. The molecule has 1 aromatic heterocycles. The van der Waals surface area contributed by atoms with Crippen molar-refractivity contribution in [2.45, 2.75) is 32.6 Å². The number of hydrogen-bond donors (Lipinski definition) is 2. The number of nitrogen functional groups attached to an aromatic ring is 1. The molecule has 7 heteroatoms. The summed E-state index contributed by atoms with van der Waals surface area (Å²) in [4.78, 5) is 2.82. The molecule has 0 atom stereocenters. The second-order valence-electron chi connectivity index (χ2n) is 4.63. The minimum absolute atomic E-state index is 0.0851. The molecule has 0 fully saturated rings. The molecule has 0 aliphatic rings. The molecule has 1 heterocycles. The number of nitrogens with one attached hydrogen (secondary N) is 1. The van der Waals surface area contributed by atoms with Crippen molar-refractivity contribution in [1.29, 1.82) is 0 Å². The average Bonchev–Trinajstić information content (AvgIpc) is 2.60. The van der Waals surface area contributed by atoms with Gasteiger partial charge in [-0.1, -0.05) is 17.7 Å². The van der Waals surface area contributed by atoms with Gasteiger partial charge in [-0.3, -0.25) is 5.84 Å². The van der Waals surface area contributed by atoms with Gasteiger partial charge in [-0.05, 0) is 31.9 Å². The van der Waals surface area contributed by atoms with Gasteiger partial charge in [0, 0.05) is 6.92 Å². The van der Waals surface area contributed by atoms with E-state index in [2.05, 4.69) is 4.98 Å². The Balaban J connectivity index is 0.000000240. The van der Waals surface area contributed by atoms with Crippen LogP contribution in [0, 0.1) is 27.7 Å². The van der Waals surface area contributed by atoms with Gasteiger partial charge in [0.25, 0.3) is 5.82 Å². The van der Waals surface area contributed by atoms with Crippen molar-refractivity contribution >= 4 is 10.1 Å². The number of aryl methyl sites for hydroxylation is 4. The maximum Gasteiger partial charge on any atom is 0.274 e. The first-order valence-electron chi connectivity index (χ1n) is 5.97. The number of aromatic amines is 1. The Morgan fingerprint density at radius 2 is 1.65 bits per heavy atom. The predicted molar refractivity (Wildman–Crippen MR) is 74.5 cm³/mol. The minimum Gasteiger partial charge on any atom is -0.744 e. The molecule has 0 spiro atoms. The molecule has 0 unspecified atom stereocenters. The van der Waals surface area contributed by atoms with E-state index in [0.29, 0.717) is 11.1 Å². The van der Waals surface area contributed by atoms with E-state index in [0.717, 1.165) is 11.4 Å². The average molecular weight is 297 g/mol. The standard InChI is InChI=1S/C9H12O3S.C4H7N3/c1-6-4-7(2)9(8(3)5-6)13(10,11)12;1-4-6-2-3-7(4)5/h4-5H,1-3H3,(H,10,11,12);2-3H,5H2,1H3. The second-order valence-corrected chi connectivity index (χ2v) is 5.95. The molecule has 6 nitrogen and oxygen atoms in total. The summed E-state index contributed by atoms with van der Waals surface area (Å²) in [5.41, 5.74) is 2.00. The van der Waals surface area contributed by atoms with Crippen molar-refractivity contribution in [1.82, 2.24) is 4.98 Å². The maximum absolute atomic E-state index is 10.8. The molecule has 0 aliphatic carbocycles. The van der Waals surface area contributed by atoms with Crippen LogP contribution < -0.4 is 10.5 Å². The molecule has 0 saturated carbocycles.